The molecule has 30 heavy (non-hydrogen) atoms. The first-order valence-corrected chi connectivity index (χ1v) is 10.6. The van der Waals surface area contributed by atoms with Crippen LogP contribution in [0, 0.1) is 5.92 Å². The number of Topliss-reactive ketones (excluding diaryl/α,β-unsaturated/α-hetero) is 1. The molecule has 2 aliphatic heterocycles. The Hall–Kier alpha value is -3.02. The monoisotopic (exact) mass is 409 g/mol. The van der Waals surface area contributed by atoms with Crippen LogP contribution < -0.4 is 14.2 Å². The fourth-order valence-electron chi connectivity index (χ4n) is 3.98. The first kappa shape index (κ1) is 20.3. The number of rotatable bonds is 6. The van der Waals surface area contributed by atoms with Crippen molar-refractivity contribution in [1.82, 2.24) is 4.90 Å². The van der Waals surface area contributed by atoms with Gasteiger partial charge in [0.05, 0.1) is 13.0 Å². The third-order valence-electron chi connectivity index (χ3n) is 5.63. The van der Waals surface area contributed by atoms with Crippen LogP contribution in [-0.4, -0.2) is 49.5 Å². The molecule has 0 saturated carbocycles. The SMILES string of the molecule is CCOc1ccc(CC(=O)N2CCC(C(=O)c3ccc4c(c3)OCCO4)CC2)cc1. The fraction of sp³-hybridized carbons (Fsp3) is 0.417. The molecule has 1 amide bonds. The van der Waals surface area contributed by atoms with Gasteiger partial charge in [-0.1, -0.05) is 12.1 Å². The highest BCUT2D eigenvalue weighted by atomic mass is 16.6. The molecule has 2 aromatic carbocycles. The van der Waals surface area contributed by atoms with Crippen molar-refractivity contribution < 1.29 is 23.8 Å². The highest BCUT2D eigenvalue weighted by molar-refractivity contribution is 5.98. The Labute approximate surface area is 176 Å². The summed E-state index contributed by atoms with van der Waals surface area (Å²) in [6.45, 7) is 4.81. The van der Waals surface area contributed by atoms with Gasteiger partial charge < -0.3 is 19.1 Å². The number of carbonyl (C=O) groups is 2. The van der Waals surface area contributed by atoms with Gasteiger partial charge in [-0.25, -0.2) is 0 Å². The fourth-order valence-corrected chi connectivity index (χ4v) is 3.98. The Balaban J connectivity index is 1.31. The summed E-state index contributed by atoms with van der Waals surface area (Å²) in [4.78, 5) is 27.5. The maximum Gasteiger partial charge on any atom is 0.226 e. The second-order valence-electron chi connectivity index (χ2n) is 7.63. The van der Waals surface area contributed by atoms with Gasteiger partial charge in [-0.15, -0.1) is 0 Å². The van der Waals surface area contributed by atoms with Crippen molar-refractivity contribution in [2.75, 3.05) is 32.9 Å². The summed E-state index contributed by atoms with van der Waals surface area (Å²) in [5, 5.41) is 0. The lowest BCUT2D eigenvalue weighted by atomic mass is 9.88. The minimum Gasteiger partial charge on any atom is -0.494 e. The van der Waals surface area contributed by atoms with Gasteiger partial charge in [0.15, 0.2) is 17.3 Å². The number of likely N-dealkylation sites (tertiary alicyclic amines) is 1. The van der Waals surface area contributed by atoms with E-state index in [-0.39, 0.29) is 17.6 Å². The van der Waals surface area contributed by atoms with Crippen LogP contribution in [0.4, 0.5) is 0 Å². The Morgan fingerprint density at radius 1 is 1.00 bits per heavy atom. The van der Waals surface area contributed by atoms with E-state index in [1.54, 1.807) is 18.2 Å². The van der Waals surface area contributed by atoms with Gasteiger partial charge in [0, 0.05) is 24.6 Å². The smallest absolute Gasteiger partial charge is 0.226 e. The van der Waals surface area contributed by atoms with Gasteiger partial charge in [-0.3, -0.25) is 9.59 Å². The molecule has 0 aromatic heterocycles. The van der Waals surface area contributed by atoms with Crippen molar-refractivity contribution in [3.8, 4) is 17.2 Å². The number of benzene rings is 2. The van der Waals surface area contributed by atoms with Crippen LogP contribution in [0.15, 0.2) is 42.5 Å². The van der Waals surface area contributed by atoms with E-state index in [2.05, 4.69) is 0 Å². The van der Waals surface area contributed by atoms with Crippen LogP contribution >= 0.6 is 0 Å². The molecule has 0 aliphatic carbocycles. The lowest BCUT2D eigenvalue weighted by Gasteiger charge is -2.31. The van der Waals surface area contributed by atoms with E-state index in [1.165, 1.54) is 0 Å². The molecule has 0 atom stereocenters. The molecule has 0 radical (unpaired) electrons. The van der Waals surface area contributed by atoms with Crippen molar-refractivity contribution in [2.45, 2.75) is 26.2 Å². The zero-order chi connectivity index (χ0) is 20.9. The first-order chi connectivity index (χ1) is 14.6. The van der Waals surface area contributed by atoms with Crippen LogP contribution in [0.3, 0.4) is 0 Å². The standard InChI is InChI=1S/C24H27NO5/c1-2-28-20-6-3-17(4-7-20)15-23(26)25-11-9-18(10-12-25)24(27)19-5-8-21-22(16-19)30-14-13-29-21/h3-8,16,18H,2,9-15H2,1H3. The van der Waals surface area contributed by atoms with Crippen molar-refractivity contribution in [1.29, 1.82) is 0 Å². The molecule has 6 heteroatoms. The molecule has 6 nitrogen and oxygen atoms in total. The zero-order valence-corrected chi connectivity index (χ0v) is 17.3. The number of carbonyl (C=O) groups excluding carboxylic acids is 2. The second-order valence-corrected chi connectivity index (χ2v) is 7.63. The summed E-state index contributed by atoms with van der Waals surface area (Å²) in [6, 6.07) is 13.0. The summed E-state index contributed by atoms with van der Waals surface area (Å²) >= 11 is 0. The quantitative estimate of drug-likeness (QED) is 0.683. The van der Waals surface area contributed by atoms with E-state index >= 15 is 0 Å². The number of ether oxygens (including phenoxy) is 3. The average Bonchev–Trinajstić information content (AvgIpc) is 2.80. The van der Waals surface area contributed by atoms with Crippen LogP contribution in [0.2, 0.25) is 0 Å². The number of piperidine rings is 1. The van der Waals surface area contributed by atoms with E-state index in [1.807, 2.05) is 36.1 Å². The van der Waals surface area contributed by atoms with Crippen molar-refractivity contribution in [3.63, 3.8) is 0 Å². The number of amides is 1. The predicted molar refractivity (Wildman–Crippen MR) is 112 cm³/mol. The normalized spacial score (nSPS) is 16.2. The molecule has 0 N–H and O–H groups in total. The molecule has 4 rings (SSSR count). The maximum atomic E-state index is 12.9. The highest BCUT2D eigenvalue weighted by Crippen LogP contribution is 2.32. The van der Waals surface area contributed by atoms with Crippen molar-refractivity contribution >= 4 is 11.7 Å². The van der Waals surface area contributed by atoms with Gasteiger partial charge in [-0.2, -0.15) is 0 Å². The summed E-state index contributed by atoms with van der Waals surface area (Å²) in [5.41, 5.74) is 1.62. The Morgan fingerprint density at radius 2 is 1.70 bits per heavy atom. The van der Waals surface area contributed by atoms with Crippen LogP contribution in [0.25, 0.3) is 0 Å². The third-order valence-corrected chi connectivity index (χ3v) is 5.63. The Kier molecular flexibility index (Phi) is 6.21. The van der Waals surface area contributed by atoms with Crippen LogP contribution in [0.5, 0.6) is 17.2 Å². The average molecular weight is 409 g/mol. The Morgan fingerprint density at radius 3 is 2.40 bits per heavy atom. The van der Waals surface area contributed by atoms with E-state index in [4.69, 9.17) is 14.2 Å². The summed E-state index contributed by atoms with van der Waals surface area (Å²) in [6.07, 6.45) is 1.73. The topological polar surface area (TPSA) is 65.1 Å². The van der Waals surface area contributed by atoms with Crippen LogP contribution in [0.1, 0.15) is 35.7 Å². The minimum absolute atomic E-state index is 0.0675. The number of nitrogens with zero attached hydrogens (tertiary/aromatic N) is 1. The van der Waals surface area contributed by atoms with E-state index in [9.17, 15) is 9.59 Å². The van der Waals surface area contributed by atoms with Crippen molar-refractivity contribution in [2.24, 2.45) is 5.92 Å². The van der Waals surface area contributed by atoms with Crippen LogP contribution in [-0.2, 0) is 11.2 Å². The first-order valence-electron chi connectivity index (χ1n) is 10.6. The molecule has 0 unspecified atom stereocenters. The zero-order valence-electron chi connectivity index (χ0n) is 17.3. The molecule has 2 aromatic rings. The molecule has 0 bridgehead atoms. The molecule has 1 saturated heterocycles. The number of hydrogen-bond acceptors (Lipinski definition) is 5. The predicted octanol–water partition coefficient (Wildman–Crippen LogP) is 3.52. The number of fused-ring (bicyclic) bond motifs is 1. The maximum absolute atomic E-state index is 12.9. The molecule has 2 heterocycles. The second kappa shape index (κ2) is 9.20. The summed E-state index contributed by atoms with van der Waals surface area (Å²) in [7, 11) is 0. The largest absolute Gasteiger partial charge is 0.494 e. The van der Waals surface area contributed by atoms with Gasteiger partial charge in [-0.05, 0) is 55.7 Å². The molecular formula is C24H27NO5. The summed E-state index contributed by atoms with van der Waals surface area (Å²) < 4.78 is 16.6. The molecule has 2 aliphatic rings. The molecule has 1 fully saturated rings. The van der Waals surface area contributed by atoms with E-state index < -0.39 is 0 Å². The van der Waals surface area contributed by atoms with Gasteiger partial charge >= 0.3 is 0 Å². The van der Waals surface area contributed by atoms with Gasteiger partial charge in [0.25, 0.3) is 0 Å². The lowest BCUT2D eigenvalue weighted by molar-refractivity contribution is -0.131. The Bertz CT molecular complexity index is 900. The van der Waals surface area contributed by atoms with E-state index in [0.717, 1.165) is 11.3 Å². The molecule has 0 spiro atoms. The molecule has 158 valence electrons. The van der Waals surface area contributed by atoms with Gasteiger partial charge in [0.2, 0.25) is 5.91 Å². The third kappa shape index (κ3) is 4.58. The minimum atomic E-state index is -0.0675. The summed E-state index contributed by atoms with van der Waals surface area (Å²) in [5.74, 6) is 2.28. The lowest BCUT2D eigenvalue weighted by Crippen LogP contribution is -2.41. The number of ketones is 1. The highest BCUT2D eigenvalue weighted by Gasteiger charge is 2.28. The molecular weight excluding hydrogens is 382 g/mol. The van der Waals surface area contributed by atoms with Gasteiger partial charge in [0.1, 0.15) is 19.0 Å². The van der Waals surface area contributed by atoms with Crippen molar-refractivity contribution in [3.05, 3.63) is 53.6 Å². The number of hydrogen-bond donors (Lipinski definition) is 0. The van der Waals surface area contributed by atoms with E-state index in [0.29, 0.717) is 69.2 Å².